The maximum absolute atomic E-state index is 6.02. The highest BCUT2D eigenvalue weighted by atomic mass is 16.7. The van der Waals surface area contributed by atoms with Gasteiger partial charge in [-0.1, -0.05) is 6.07 Å². The van der Waals surface area contributed by atoms with Gasteiger partial charge in [0.25, 0.3) is 0 Å². The molecule has 2 aliphatic rings. The van der Waals surface area contributed by atoms with Gasteiger partial charge in [-0.05, 0) is 34.6 Å². The third-order valence-electron chi connectivity index (χ3n) is 4.22. The van der Waals surface area contributed by atoms with Crippen molar-refractivity contribution in [1.82, 2.24) is 4.98 Å². The summed E-state index contributed by atoms with van der Waals surface area (Å²) >= 11 is 0. The van der Waals surface area contributed by atoms with Gasteiger partial charge in [0.05, 0.1) is 17.2 Å². The standard InChI is InChI=1S/C13H18BN3O2/c1-8-10-6-9(7-15-11(10)17-16-8)14-18-12(2,3)13(4,5)19-14/h6-8H,1-5H3/t8-/m0/s1. The predicted molar refractivity (Wildman–Crippen MR) is 72.9 cm³/mol. The van der Waals surface area contributed by atoms with E-state index in [2.05, 4.69) is 15.2 Å². The molecule has 0 aliphatic carbocycles. The number of nitrogens with zero attached hydrogens (tertiary/aromatic N) is 3. The molecule has 1 atom stereocenters. The molecule has 0 amide bonds. The van der Waals surface area contributed by atoms with Crippen molar-refractivity contribution in [2.24, 2.45) is 10.2 Å². The second kappa shape index (κ2) is 3.87. The summed E-state index contributed by atoms with van der Waals surface area (Å²) in [5.74, 6) is 0.702. The Hall–Kier alpha value is -1.27. The predicted octanol–water partition coefficient (Wildman–Crippen LogP) is 2.54. The fraction of sp³-hybridized carbons (Fsp3) is 0.615. The van der Waals surface area contributed by atoms with Crippen LogP contribution in [0, 0.1) is 0 Å². The maximum Gasteiger partial charge on any atom is 0.496 e. The topological polar surface area (TPSA) is 56.1 Å². The molecule has 3 heterocycles. The van der Waals surface area contributed by atoms with E-state index in [0.29, 0.717) is 5.82 Å². The highest BCUT2D eigenvalue weighted by Crippen LogP contribution is 2.37. The van der Waals surface area contributed by atoms with Gasteiger partial charge in [-0.15, -0.1) is 5.11 Å². The van der Waals surface area contributed by atoms with E-state index in [1.54, 1.807) is 6.20 Å². The Labute approximate surface area is 113 Å². The molecule has 1 aromatic rings. The van der Waals surface area contributed by atoms with E-state index in [9.17, 15) is 0 Å². The molecule has 6 heteroatoms. The second-order valence-electron chi connectivity index (χ2n) is 6.16. The molecule has 3 rings (SSSR count). The summed E-state index contributed by atoms with van der Waals surface area (Å²) in [5, 5.41) is 8.15. The van der Waals surface area contributed by atoms with Gasteiger partial charge in [-0.25, -0.2) is 4.98 Å². The van der Waals surface area contributed by atoms with Crippen molar-refractivity contribution >= 4 is 18.4 Å². The third-order valence-corrected chi connectivity index (χ3v) is 4.22. The lowest BCUT2D eigenvalue weighted by Gasteiger charge is -2.32. The maximum atomic E-state index is 6.02. The smallest absolute Gasteiger partial charge is 0.399 e. The lowest BCUT2D eigenvalue weighted by Crippen LogP contribution is -2.41. The first kappa shape index (κ1) is 12.8. The highest BCUT2D eigenvalue weighted by Gasteiger charge is 2.52. The number of rotatable bonds is 1. The fourth-order valence-electron chi connectivity index (χ4n) is 2.19. The van der Waals surface area contributed by atoms with E-state index >= 15 is 0 Å². The van der Waals surface area contributed by atoms with Gasteiger partial charge < -0.3 is 9.31 Å². The quantitative estimate of drug-likeness (QED) is 0.728. The summed E-state index contributed by atoms with van der Waals surface area (Å²) < 4.78 is 12.0. The molecule has 5 nitrogen and oxygen atoms in total. The Morgan fingerprint density at radius 2 is 1.79 bits per heavy atom. The van der Waals surface area contributed by atoms with Crippen molar-refractivity contribution in [2.75, 3.05) is 0 Å². The SMILES string of the molecule is C[C@@H]1N=Nc2ncc(B3OC(C)(C)C(C)(C)O3)cc21. The lowest BCUT2D eigenvalue weighted by molar-refractivity contribution is 0.00578. The van der Waals surface area contributed by atoms with Gasteiger partial charge >= 0.3 is 7.12 Å². The zero-order valence-electron chi connectivity index (χ0n) is 12.0. The summed E-state index contributed by atoms with van der Waals surface area (Å²) in [6.45, 7) is 10.2. The van der Waals surface area contributed by atoms with Gasteiger partial charge in [0.1, 0.15) is 0 Å². The first-order valence-electron chi connectivity index (χ1n) is 6.56. The van der Waals surface area contributed by atoms with Crippen LogP contribution in [0.5, 0.6) is 0 Å². The number of aromatic nitrogens is 1. The van der Waals surface area contributed by atoms with Crippen molar-refractivity contribution in [3.8, 4) is 0 Å². The minimum Gasteiger partial charge on any atom is -0.399 e. The van der Waals surface area contributed by atoms with Gasteiger partial charge in [0.15, 0.2) is 5.82 Å². The van der Waals surface area contributed by atoms with Crippen molar-refractivity contribution in [3.63, 3.8) is 0 Å². The zero-order valence-corrected chi connectivity index (χ0v) is 12.0. The third kappa shape index (κ3) is 1.90. The Morgan fingerprint density at radius 3 is 2.42 bits per heavy atom. The highest BCUT2D eigenvalue weighted by molar-refractivity contribution is 6.62. The zero-order chi connectivity index (χ0) is 13.8. The van der Waals surface area contributed by atoms with Gasteiger partial charge in [-0.3, -0.25) is 0 Å². The van der Waals surface area contributed by atoms with Gasteiger partial charge in [0, 0.05) is 17.2 Å². The molecule has 0 spiro atoms. The number of azo groups is 1. The van der Waals surface area contributed by atoms with E-state index < -0.39 is 0 Å². The minimum atomic E-state index is -0.379. The Bertz CT molecular complexity index is 541. The Morgan fingerprint density at radius 1 is 1.16 bits per heavy atom. The summed E-state index contributed by atoms with van der Waals surface area (Å²) in [5.41, 5.74) is 1.29. The number of hydrogen-bond acceptors (Lipinski definition) is 5. The molecular weight excluding hydrogens is 241 g/mol. The average Bonchev–Trinajstić information content (AvgIpc) is 2.78. The molecule has 2 aliphatic heterocycles. The number of hydrogen-bond donors (Lipinski definition) is 0. The first-order chi connectivity index (χ1) is 8.80. The summed E-state index contributed by atoms with van der Waals surface area (Å²) in [6.07, 6.45) is 1.76. The molecule has 0 radical (unpaired) electrons. The van der Waals surface area contributed by atoms with Crippen LogP contribution in [0.1, 0.15) is 46.2 Å². The van der Waals surface area contributed by atoms with Crippen molar-refractivity contribution < 1.29 is 9.31 Å². The van der Waals surface area contributed by atoms with Crippen molar-refractivity contribution in [1.29, 1.82) is 0 Å². The van der Waals surface area contributed by atoms with Crippen LogP contribution in [-0.4, -0.2) is 23.3 Å². The molecule has 0 N–H and O–H groups in total. The van der Waals surface area contributed by atoms with Crippen LogP contribution in [0.3, 0.4) is 0 Å². The molecule has 1 saturated heterocycles. The van der Waals surface area contributed by atoms with Crippen LogP contribution in [0.2, 0.25) is 0 Å². The van der Waals surface area contributed by atoms with Crippen LogP contribution < -0.4 is 5.46 Å². The monoisotopic (exact) mass is 259 g/mol. The Kier molecular flexibility index (Phi) is 2.60. The van der Waals surface area contributed by atoms with E-state index in [1.807, 2.05) is 40.7 Å². The summed E-state index contributed by atoms with van der Waals surface area (Å²) in [7, 11) is -0.379. The van der Waals surface area contributed by atoms with Crippen LogP contribution in [0.25, 0.3) is 0 Å². The van der Waals surface area contributed by atoms with Gasteiger partial charge in [0.2, 0.25) is 0 Å². The lowest BCUT2D eigenvalue weighted by atomic mass is 9.79. The molecule has 1 fully saturated rings. The first-order valence-corrected chi connectivity index (χ1v) is 6.56. The van der Waals surface area contributed by atoms with Crippen LogP contribution in [-0.2, 0) is 9.31 Å². The molecule has 1 aromatic heterocycles. The van der Waals surface area contributed by atoms with Crippen molar-refractivity contribution in [2.45, 2.75) is 51.9 Å². The molecule has 100 valence electrons. The molecule has 0 bridgehead atoms. The second-order valence-corrected chi connectivity index (χ2v) is 6.16. The number of pyridine rings is 1. The molecular formula is C13H18BN3O2. The molecule has 0 saturated carbocycles. The van der Waals surface area contributed by atoms with Crippen LogP contribution >= 0.6 is 0 Å². The number of fused-ring (bicyclic) bond motifs is 1. The van der Waals surface area contributed by atoms with Gasteiger partial charge in [-0.2, -0.15) is 5.11 Å². The van der Waals surface area contributed by atoms with Crippen LogP contribution in [0.4, 0.5) is 5.82 Å². The Balaban J connectivity index is 1.92. The summed E-state index contributed by atoms with van der Waals surface area (Å²) in [4.78, 5) is 4.33. The van der Waals surface area contributed by atoms with E-state index in [-0.39, 0.29) is 24.4 Å². The normalized spacial score (nSPS) is 26.8. The average molecular weight is 259 g/mol. The minimum absolute atomic E-state index is 0.0601. The largest absolute Gasteiger partial charge is 0.496 e. The summed E-state index contributed by atoms with van der Waals surface area (Å²) in [6, 6.07) is 2.10. The van der Waals surface area contributed by atoms with Crippen LogP contribution in [0.15, 0.2) is 22.5 Å². The van der Waals surface area contributed by atoms with E-state index in [4.69, 9.17) is 9.31 Å². The molecule has 0 unspecified atom stereocenters. The van der Waals surface area contributed by atoms with E-state index in [0.717, 1.165) is 11.0 Å². The fourth-order valence-corrected chi connectivity index (χ4v) is 2.19. The molecule has 0 aromatic carbocycles. The van der Waals surface area contributed by atoms with E-state index in [1.165, 1.54) is 0 Å². The van der Waals surface area contributed by atoms with Crippen molar-refractivity contribution in [3.05, 3.63) is 17.8 Å². The molecule has 19 heavy (non-hydrogen) atoms.